The summed E-state index contributed by atoms with van der Waals surface area (Å²) in [7, 11) is 1.71. The van der Waals surface area contributed by atoms with Gasteiger partial charge >= 0.3 is 5.97 Å². The van der Waals surface area contributed by atoms with E-state index in [1.54, 1.807) is 20.1 Å². The molecule has 1 atom stereocenters. The van der Waals surface area contributed by atoms with Gasteiger partial charge in [-0.05, 0) is 31.5 Å². The van der Waals surface area contributed by atoms with Crippen LogP contribution in [0.5, 0.6) is 0 Å². The molecule has 1 aliphatic heterocycles. The monoisotopic (exact) mass is 377 g/mol. The molecule has 7 heteroatoms. The van der Waals surface area contributed by atoms with E-state index in [4.69, 9.17) is 25.5 Å². The third-order valence-electron chi connectivity index (χ3n) is 4.38. The Morgan fingerprint density at radius 3 is 2.81 bits per heavy atom. The summed E-state index contributed by atoms with van der Waals surface area (Å²) in [6.45, 7) is 3.53. The third kappa shape index (κ3) is 3.76. The van der Waals surface area contributed by atoms with Crippen LogP contribution in [0.4, 0.5) is 5.69 Å². The number of carbonyl (C=O) groups is 1. The number of carbonyl (C=O) groups excluding carboxylic acids is 1. The molecule has 6 nitrogen and oxygen atoms in total. The van der Waals surface area contributed by atoms with Gasteiger partial charge in [-0.25, -0.2) is 4.79 Å². The number of rotatable bonds is 5. The van der Waals surface area contributed by atoms with Crippen molar-refractivity contribution in [1.82, 2.24) is 0 Å². The molecular formula is C19H20ClNO5. The minimum Gasteiger partial charge on any atom is -0.463 e. The zero-order chi connectivity index (χ0) is 18.7. The zero-order valence-corrected chi connectivity index (χ0v) is 15.4. The average Bonchev–Trinajstić information content (AvgIpc) is 3.10. The fraction of sp³-hybridized carbons (Fsp3) is 0.368. The Labute approximate surface area is 156 Å². The molecule has 0 saturated carbocycles. The van der Waals surface area contributed by atoms with E-state index in [2.05, 4.69) is 4.90 Å². The molecule has 1 aliphatic rings. The second-order valence-electron chi connectivity index (χ2n) is 6.00. The average molecular weight is 378 g/mol. The molecular weight excluding hydrogens is 358 g/mol. The highest BCUT2D eigenvalue weighted by Gasteiger charge is 2.24. The molecule has 0 unspecified atom stereocenters. The normalized spacial score (nSPS) is 16.7. The lowest BCUT2D eigenvalue weighted by atomic mass is 10.1. The number of anilines is 1. The second kappa shape index (κ2) is 7.93. The summed E-state index contributed by atoms with van der Waals surface area (Å²) < 4.78 is 15.7. The van der Waals surface area contributed by atoms with Gasteiger partial charge in [-0.1, -0.05) is 11.6 Å². The van der Waals surface area contributed by atoms with E-state index in [1.165, 1.54) is 6.07 Å². The molecule has 0 aliphatic carbocycles. The Morgan fingerprint density at radius 1 is 1.38 bits per heavy atom. The number of nitrogens with zero attached hydrogens (tertiary/aromatic N) is 1. The fourth-order valence-electron chi connectivity index (χ4n) is 2.98. The Hall–Kier alpha value is -2.31. The highest BCUT2D eigenvalue weighted by Crippen LogP contribution is 2.33. The van der Waals surface area contributed by atoms with Crippen molar-refractivity contribution in [2.24, 2.45) is 0 Å². The van der Waals surface area contributed by atoms with Gasteiger partial charge < -0.3 is 18.8 Å². The molecule has 0 amide bonds. The van der Waals surface area contributed by atoms with Gasteiger partial charge in [0.25, 0.3) is 0 Å². The van der Waals surface area contributed by atoms with Gasteiger partial charge in [-0.3, -0.25) is 4.79 Å². The van der Waals surface area contributed by atoms with E-state index in [0.29, 0.717) is 16.3 Å². The fourth-order valence-corrected chi connectivity index (χ4v) is 3.28. The Morgan fingerprint density at radius 2 is 2.19 bits per heavy atom. The summed E-state index contributed by atoms with van der Waals surface area (Å²) in [5, 5.41) is 0.566. The first kappa shape index (κ1) is 18.5. The van der Waals surface area contributed by atoms with Crippen molar-refractivity contribution in [3.8, 4) is 11.3 Å². The Balaban J connectivity index is 1.84. The molecule has 138 valence electrons. The van der Waals surface area contributed by atoms with Gasteiger partial charge in [0.1, 0.15) is 17.6 Å². The van der Waals surface area contributed by atoms with Gasteiger partial charge in [0.2, 0.25) is 0 Å². The largest absolute Gasteiger partial charge is 0.463 e. The molecule has 2 aromatic rings. The number of hydrogen-bond donors (Lipinski definition) is 0. The van der Waals surface area contributed by atoms with Crippen molar-refractivity contribution in [1.29, 1.82) is 0 Å². The van der Waals surface area contributed by atoms with Crippen molar-refractivity contribution in [3.05, 3.63) is 51.3 Å². The molecule has 1 aromatic carbocycles. The van der Waals surface area contributed by atoms with E-state index < -0.39 is 11.4 Å². The van der Waals surface area contributed by atoms with Crippen molar-refractivity contribution < 1.29 is 18.7 Å². The standard InChI is InChI=1S/C19H20ClNO5/c1-3-25-19(23)14-11-26-18(9-17(14)22)12-4-5-16(15(20)8-12)21-7-6-13(10-21)24-2/h4-5,8-9,11,13H,3,6-7,10H2,1-2H3/t13-/m1/s1. The maximum atomic E-state index is 12.1. The lowest BCUT2D eigenvalue weighted by Crippen LogP contribution is -2.22. The van der Waals surface area contributed by atoms with Crippen LogP contribution in [-0.2, 0) is 9.47 Å². The van der Waals surface area contributed by atoms with Crippen molar-refractivity contribution >= 4 is 23.3 Å². The molecule has 3 rings (SSSR count). The van der Waals surface area contributed by atoms with Crippen LogP contribution < -0.4 is 10.3 Å². The Kier molecular flexibility index (Phi) is 5.64. The SMILES string of the molecule is CCOC(=O)c1coc(-c2ccc(N3CC[C@@H](OC)C3)c(Cl)c2)cc1=O. The van der Waals surface area contributed by atoms with E-state index in [0.717, 1.165) is 31.5 Å². The lowest BCUT2D eigenvalue weighted by molar-refractivity contribution is 0.0522. The van der Waals surface area contributed by atoms with Crippen molar-refractivity contribution in [2.45, 2.75) is 19.4 Å². The third-order valence-corrected chi connectivity index (χ3v) is 4.68. The van der Waals surface area contributed by atoms with Crippen LogP contribution in [0, 0.1) is 0 Å². The van der Waals surface area contributed by atoms with Crippen LogP contribution in [0.3, 0.4) is 0 Å². The molecule has 1 saturated heterocycles. The van der Waals surface area contributed by atoms with Crippen LogP contribution in [0.1, 0.15) is 23.7 Å². The van der Waals surface area contributed by atoms with Crippen LogP contribution in [0.25, 0.3) is 11.3 Å². The molecule has 1 fully saturated rings. The molecule has 0 radical (unpaired) electrons. The number of benzene rings is 1. The maximum Gasteiger partial charge on any atom is 0.345 e. The number of ether oxygens (including phenoxy) is 2. The second-order valence-corrected chi connectivity index (χ2v) is 6.41. The smallest absolute Gasteiger partial charge is 0.345 e. The van der Waals surface area contributed by atoms with Crippen LogP contribution in [-0.4, -0.2) is 38.9 Å². The summed E-state index contributed by atoms with van der Waals surface area (Å²) in [6, 6.07) is 6.76. The molecule has 1 aromatic heterocycles. The van der Waals surface area contributed by atoms with Gasteiger partial charge in [0, 0.05) is 31.8 Å². The van der Waals surface area contributed by atoms with Crippen LogP contribution in [0.2, 0.25) is 5.02 Å². The molecule has 26 heavy (non-hydrogen) atoms. The summed E-state index contributed by atoms with van der Waals surface area (Å²) in [4.78, 5) is 26.0. The highest BCUT2D eigenvalue weighted by atomic mass is 35.5. The summed E-state index contributed by atoms with van der Waals surface area (Å²) in [6.07, 6.45) is 2.29. The maximum absolute atomic E-state index is 12.1. The predicted molar refractivity (Wildman–Crippen MR) is 99.0 cm³/mol. The van der Waals surface area contributed by atoms with Gasteiger partial charge in [-0.15, -0.1) is 0 Å². The molecule has 0 spiro atoms. The predicted octanol–water partition coefficient (Wildman–Crippen LogP) is 3.36. The van der Waals surface area contributed by atoms with E-state index in [1.807, 2.05) is 12.1 Å². The first-order chi connectivity index (χ1) is 12.5. The van der Waals surface area contributed by atoms with Gasteiger partial charge in [0.05, 0.1) is 23.4 Å². The van der Waals surface area contributed by atoms with Crippen LogP contribution >= 0.6 is 11.6 Å². The zero-order valence-electron chi connectivity index (χ0n) is 14.7. The summed E-state index contributed by atoms with van der Waals surface area (Å²) >= 11 is 6.44. The topological polar surface area (TPSA) is 69.0 Å². The Bertz CT molecular complexity index is 863. The molecule has 0 bridgehead atoms. The van der Waals surface area contributed by atoms with E-state index >= 15 is 0 Å². The summed E-state index contributed by atoms with van der Waals surface area (Å²) in [5.74, 6) is -0.351. The number of halogens is 1. The van der Waals surface area contributed by atoms with Crippen molar-refractivity contribution in [3.63, 3.8) is 0 Å². The molecule has 2 heterocycles. The molecule has 0 N–H and O–H groups in total. The highest BCUT2D eigenvalue weighted by molar-refractivity contribution is 6.33. The minimum atomic E-state index is -0.692. The summed E-state index contributed by atoms with van der Waals surface area (Å²) in [5.41, 5.74) is 1.00. The first-order valence-electron chi connectivity index (χ1n) is 8.41. The minimum absolute atomic E-state index is 0.124. The number of esters is 1. The van der Waals surface area contributed by atoms with Gasteiger partial charge in [0.15, 0.2) is 5.43 Å². The number of methoxy groups -OCH3 is 1. The van der Waals surface area contributed by atoms with Gasteiger partial charge in [-0.2, -0.15) is 0 Å². The quantitative estimate of drug-likeness (QED) is 0.744. The van der Waals surface area contributed by atoms with E-state index in [9.17, 15) is 9.59 Å². The number of hydrogen-bond acceptors (Lipinski definition) is 6. The first-order valence-corrected chi connectivity index (χ1v) is 8.79. The van der Waals surface area contributed by atoms with Crippen molar-refractivity contribution in [2.75, 3.05) is 31.7 Å². The van der Waals surface area contributed by atoms with E-state index in [-0.39, 0.29) is 18.3 Å². The van der Waals surface area contributed by atoms with Crippen LogP contribution in [0.15, 0.2) is 39.7 Å². The lowest BCUT2D eigenvalue weighted by Gasteiger charge is -2.20.